The summed E-state index contributed by atoms with van der Waals surface area (Å²) in [6, 6.07) is 21.7. The van der Waals surface area contributed by atoms with Crippen LogP contribution in [0.15, 0.2) is 78.9 Å². The van der Waals surface area contributed by atoms with Gasteiger partial charge >= 0.3 is 18.8 Å². The molecule has 0 radical (unpaired) electrons. The Morgan fingerprint density at radius 3 is 2.49 bits per heavy atom. The highest BCUT2D eigenvalue weighted by molar-refractivity contribution is 6.30. The van der Waals surface area contributed by atoms with Crippen LogP contribution in [0.3, 0.4) is 0 Å². The van der Waals surface area contributed by atoms with Gasteiger partial charge in [-0.3, -0.25) is 9.69 Å². The number of morpholine rings is 1. The molecule has 4 aromatic carbocycles. The van der Waals surface area contributed by atoms with Crippen molar-refractivity contribution in [1.82, 2.24) is 4.90 Å². The number of rotatable bonds is 12. The van der Waals surface area contributed by atoms with Gasteiger partial charge in [-0.2, -0.15) is 22.0 Å². The summed E-state index contributed by atoms with van der Waals surface area (Å²) in [6.45, 7) is -3.60. The fraction of sp³-hybridized carbons (Fsp3) is 0.316. The average molecular weight is 761 g/mol. The first-order chi connectivity index (χ1) is 25.2. The molecule has 282 valence electrons. The summed E-state index contributed by atoms with van der Waals surface area (Å²) in [4.78, 5) is 25.2. The maximum absolute atomic E-state index is 13.4. The Kier molecular flexibility index (Phi) is 12.8. The van der Waals surface area contributed by atoms with Crippen LogP contribution in [0.5, 0.6) is 5.75 Å². The topological polar surface area (TPSA) is 117 Å². The summed E-state index contributed by atoms with van der Waals surface area (Å²) < 4.78 is 76.5. The highest BCUT2D eigenvalue weighted by Crippen LogP contribution is 2.41. The number of nitrogens with one attached hydrogen (secondary N) is 1. The lowest BCUT2D eigenvalue weighted by Gasteiger charge is -2.30. The van der Waals surface area contributed by atoms with Crippen molar-refractivity contribution in [3.05, 3.63) is 106 Å². The number of carboxylic acid groups (broad SMARTS) is 1. The third-order valence-corrected chi connectivity index (χ3v) is 9.24. The van der Waals surface area contributed by atoms with E-state index < -0.39 is 31.3 Å². The van der Waals surface area contributed by atoms with Crippen molar-refractivity contribution >= 4 is 40.5 Å². The van der Waals surface area contributed by atoms with E-state index in [1.54, 1.807) is 18.2 Å². The molecular formula is C38H38ClF5N4O5. The summed E-state index contributed by atoms with van der Waals surface area (Å²) in [7, 11) is 1.41. The number of carboxylic acids is 1. The van der Waals surface area contributed by atoms with Crippen LogP contribution in [-0.2, 0) is 22.4 Å². The molecule has 0 aromatic heterocycles. The van der Waals surface area contributed by atoms with Gasteiger partial charge in [-0.15, -0.1) is 0 Å². The number of carbonyl (C=O) groups excluding carboxylic acids is 1. The molecule has 0 unspecified atom stereocenters. The maximum atomic E-state index is 13.4. The van der Waals surface area contributed by atoms with E-state index in [0.29, 0.717) is 29.4 Å². The molecule has 0 saturated carbocycles. The molecule has 1 aliphatic carbocycles. The van der Waals surface area contributed by atoms with Crippen LogP contribution in [0.4, 0.5) is 39.0 Å². The van der Waals surface area contributed by atoms with Crippen LogP contribution in [0.1, 0.15) is 33.5 Å². The summed E-state index contributed by atoms with van der Waals surface area (Å²) in [5.74, 6) is -1.41. The number of nitrogens with two attached hydrogens (primary N) is 1. The van der Waals surface area contributed by atoms with E-state index in [4.69, 9.17) is 31.9 Å². The Hall–Kier alpha value is -4.92. The van der Waals surface area contributed by atoms with Crippen molar-refractivity contribution in [3.8, 4) is 16.9 Å². The lowest BCUT2D eigenvalue weighted by molar-refractivity contribution is -0.147. The number of hydrogen-bond donors (Lipinski definition) is 3. The molecule has 53 heavy (non-hydrogen) atoms. The second-order valence-electron chi connectivity index (χ2n) is 12.6. The van der Waals surface area contributed by atoms with Crippen LogP contribution in [0.2, 0.25) is 5.02 Å². The van der Waals surface area contributed by atoms with Crippen molar-refractivity contribution in [1.29, 1.82) is 0 Å². The summed E-state index contributed by atoms with van der Waals surface area (Å²) in [5.41, 5.74) is 13.1. The maximum Gasteiger partial charge on any atom is 0.401 e. The van der Waals surface area contributed by atoms with Crippen molar-refractivity contribution < 1.29 is 46.1 Å². The average Bonchev–Trinajstić information content (AvgIpc) is 3.49. The van der Waals surface area contributed by atoms with E-state index in [1.807, 2.05) is 36.4 Å². The zero-order valence-electron chi connectivity index (χ0n) is 28.6. The smallest absolute Gasteiger partial charge is 0.401 e. The number of alkyl halides is 5. The zero-order chi connectivity index (χ0) is 38.3. The molecule has 1 amide bonds. The Morgan fingerprint density at radius 2 is 1.81 bits per heavy atom. The molecule has 4 N–H and O–H groups in total. The third-order valence-electron chi connectivity index (χ3n) is 8.99. The lowest BCUT2D eigenvalue weighted by atomic mass is 9.95. The Balaban J connectivity index is 0.000000469. The largest absolute Gasteiger partial charge is 0.478 e. The van der Waals surface area contributed by atoms with Gasteiger partial charge < -0.3 is 30.5 Å². The van der Waals surface area contributed by atoms with Gasteiger partial charge in [0.05, 0.1) is 24.4 Å². The molecule has 1 fully saturated rings. The number of fused-ring (bicyclic) bond motifs is 3. The highest BCUT2D eigenvalue weighted by atomic mass is 35.5. The molecule has 0 spiro atoms. The number of carbonyl (C=O) groups is 2. The predicted octanol–water partition coefficient (Wildman–Crippen LogP) is 7.75. The lowest BCUT2D eigenvalue weighted by Crippen LogP contribution is -2.41. The van der Waals surface area contributed by atoms with Gasteiger partial charge in [-0.1, -0.05) is 48.0 Å². The molecule has 1 heterocycles. The number of benzene rings is 4. The van der Waals surface area contributed by atoms with Crippen LogP contribution in [0.25, 0.3) is 11.1 Å². The molecule has 2 aliphatic rings. The van der Waals surface area contributed by atoms with Gasteiger partial charge in [-0.25, -0.2) is 4.79 Å². The fourth-order valence-electron chi connectivity index (χ4n) is 6.38. The molecule has 15 heteroatoms. The van der Waals surface area contributed by atoms with E-state index >= 15 is 0 Å². The molecule has 0 bridgehead atoms. The first kappa shape index (κ1) is 39.3. The quantitative estimate of drug-likeness (QED) is 0.0874. The fourth-order valence-corrected chi connectivity index (χ4v) is 6.51. The number of halogens is 6. The number of amides is 1. The van der Waals surface area contributed by atoms with Gasteiger partial charge in [0, 0.05) is 48.0 Å². The summed E-state index contributed by atoms with van der Waals surface area (Å²) in [6.07, 6.45) is -3.23. The number of aromatic carboxylic acids is 1. The van der Waals surface area contributed by atoms with E-state index in [1.165, 1.54) is 41.1 Å². The van der Waals surface area contributed by atoms with Crippen LogP contribution in [0, 0.1) is 0 Å². The van der Waals surface area contributed by atoms with Crippen molar-refractivity contribution in [2.24, 2.45) is 0 Å². The Labute approximate surface area is 308 Å². The second-order valence-corrected chi connectivity index (χ2v) is 13.0. The predicted molar refractivity (Wildman–Crippen MR) is 193 cm³/mol. The number of nitrogen functional groups attached to an aromatic ring is 1. The zero-order valence-corrected chi connectivity index (χ0v) is 29.4. The van der Waals surface area contributed by atoms with Gasteiger partial charge in [0.15, 0.2) is 5.75 Å². The molecular weight excluding hydrogens is 723 g/mol. The van der Waals surface area contributed by atoms with Crippen molar-refractivity contribution in [2.45, 2.75) is 38.1 Å². The molecule has 6 rings (SSSR count). The molecule has 1 saturated heterocycles. The molecule has 9 nitrogen and oxygen atoms in total. The minimum Gasteiger partial charge on any atom is -0.478 e. The minimum absolute atomic E-state index is 0.112. The standard InChI is InChI=1S/C31H33F5N4O3.C7H5ClO2/c1-39(18-31(34,35)36)21(14-20-6-8-24-23-5-3-2-4-19(23)15-25(24)29(20)37)10-11-38-26-9-7-22(16-27(26)43-30(32)33)40-12-13-42-17-28(40)41;8-6-3-1-5(2-4-6)7(9)10/h2-9,16,21,30,38H,10-15,17-18,37H2,1H3;1-4H,(H,9,10)/t21-;/m1./s1. The minimum atomic E-state index is -4.41. The van der Waals surface area contributed by atoms with Crippen LogP contribution >= 0.6 is 11.6 Å². The van der Waals surface area contributed by atoms with Crippen molar-refractivity contribution in [2.75, 3.05) is 55.8 Å². The van der Waals surface area contributed by atoms with E-state index in [-0.39, 0.29) is 55.4 Å². The van der Waals surface area contributed by atoms with Crippen molar-refractivity contribution in [3.63, 3.8) is 0 Å². The summed E-state index contributed by atoms with van der Waals surface area (Å²) >= 11 is 5.52. The molecule has 1 aliphatic heterocycles. The normalized spacial score (nSPS) is 14.4. The number of likely N-dealkylation sites (N-methyl/N-ethyl adjacent to an activating group) is 1. The number of anilines is 3. The van der Waals surface area contributed by atoms with E-state index in [9.17, 15) is 31.5 Å². The second kappa shape index (κ2) is 17.3. The molecule has 4 aromatic rings. The first-order valence-corrected chi connectivity index (χ1v) is 17.0. The number of ether oxygens (including phenoxy) is 2. The Bertz CT molecular complexity index is 1910. The first-order valence-electron chi connectivity index (χ1n) is 16.7. The summed E-state index contributed by atoms with van der Waals surface area (Å²) in [5, 5.41) is 12.0. The van der Waals surface area contributed by atoms with E-state index in [0.717, 1.165) is 27.8 Å². The third kappa shape index (κ3) is 10.4. The van der Waals surface area contributed by atoms with Gasteiger partial charge in [-0.05, 0) is 84.1 Å². The Morgan fingerprint density at radius 1 is 1.08 bits per heavy atom. The number of nitrogens with zero attached hydrogens (tertiary/aromatic N) is 2. The highest BCUT2D eigenvalue weighted by Gasteiger charge is 2.33. The molecule has 1 atom stereocenters. The number of hydrogen-bond acceptors (Lipinski definition) is 7. The van der Waals surface area contributed by atoms with Gasteiger partial charge in [0.25, 0.3) is 5.91 Å². The van der Waals surface area contributed by atoms with E-state index in [2.05, 4.69) is 5.32 Å². The van der Waals surface area contributed by atoms with Crippen LogP contribution < -0.4 is 20.7 Å². The van der Waals surface area contributed by atoms with Gasteiger partial charge in [0.2, 0.25) is 0 Å². The SMILES string of the molecule is CN(CC(F)(F)F)[C@H](CCNc1ccc(N2CCOCC2=O)cc1OC(F)F)Cc1ccc2c(c1N)Cc1ccccc1-2.O=C(O)c1ccc(Cl)cc1. The monoisotopic (exact) mass is 760 g/mol. The van der Waals surface area contributed by atoms with Crippen LogP contribution in [-0.4, -0.2) is 80.6 Å². The van der Waals surface area contributed by atoms with Gasteiger partial charge in [0.1, 0.15) is 6.61 Å².